The van der Waals surface area contributed by atoms with Gasteiger partial charge in [0.15, 0.2) is 0 Å². The van der Waals surface area contributed by atoms with E-state index in [9.17, 15) is 9.90 Å². The quantitative estimate of drug-likeness (QED) is 0.261. The Morgan fingerprint density at radius 3 is 2.53 bits per heavy atom. The van der Waals surface area contributed by atoms with Crippen LogP contribution in [0, 0.1) is 10.5 Å². The first kappa shape index (κ1) is 22.3. The van der Waals surface area contributed by atoms with E-state index in [1.54, 1.807) is 17.0 Å². The Hall–Kier alpha value is -2.87. The van der Waals surface area contributed by atoms with Gasteiger partial charge in [0.05, 0.1) is 5.69 Å². The van der Waals surface area contributed by atoms with Crippen molar-refractivity contribution in [2.24, 2.45) is 0 Å². The molecular formula is C26H25IN2O3. The van der Waals surface area contributed by atoms with Gasteiger partial charge in [-0.2, -0.15) is 0 Å². The van der Waals surface area contributed by atoms with E-state index < -0.39 is 12.0 Å². The minimum Gasteiger partial charge on any atom is -0.480 e. The Morgan fingerprint density at radius 1 is 1.09 bits per heavy atom. The summed E-state index contributed by atoms with van der Waals surface area (Å²) in [5.74, 6) is 0.726. The SMILES string of the molecule is Cc1oc(-c2ccccc2)nc1CCCc1ccc(CC(C(=O)O)n2cccc2)cc1I. The average molecular weight is 540 g/mol. The maximum Gasteiger partial charge on any atom is 0.327 e. The summed E-state index contributed by atoms with van der Waals surface area (Å²) >= 11 is 2.35. The van der Waals surface area contributed by atoms with Crippen LogP contribution in [0.1, 0.15) is 35.0 Å². The molecule has 1 N–H and O–H groups in total. The number of aromatic nitrogens is 2. The van der Waals surface area contributed by atoms with Crippen LogP contribution in [0.5, 0.6) is 0 Å². The molecule has 1 atom stereocenters. The van der Waals surface area contributed by atoms with Crippen LogP contribution < -0.4 is 0 Å². The standard InChI is InChI=1S/C26H25IN2O3/c1-18-23(28-25(32-18)21-8-3-2-4-9-21)11-7-10-20-13-12-19(16-22(20)27)17-24(26(30)31)29-14-5-6-15-29/h2-6,8-9,12-16,24H,7,10-11,17H2,1H3,(H,30,31). The van der Waals surface area contributed by atoms with Crippen LogP contribution in [0.2, 0.25) is 0 Å². The number of rotatable bonds is 9. The molecular weight excluding hydrogens is 515 g/mol. The van der Waals surface area contributed by atoms with Crippen molar-refractivity contribution >= 4 is 28.6 Å². The highest BCUT2D eigenvalue weighted by molar-refractivity contribution is 14.1. The van der Waals surface area contributed by atoms with Gasteiger partial charge in [-0.3, -0.25) is 0 Å². The lowest BCUT2D eigenvalue weighted by molar-refractivity contribution is -0.140. The third-order valence-corrected chi connectivity index (χ3v) is 6.60. The lowest BCUT2D eigenvalue weighted by Gasteiger charge is -2.15. The molecule has 0 aliphatic rings. The molecule has 6 heteroatoms. The van der Waals surface area contributed by atoms with Gasteiger partial charge in [0.1, 0.15) is 11.8 Å². The number of aliphatic carboxylic acids is 1. The van der Waals surface area contributed by atoms with Gasteiger partial charge in [0, 0.05) is 27.9 Å². The summed E-state index contributed by atoms with van der Waals surface area (Å²) in [6.07, 6.45) is 6.82. The third kappa shape index (κ3) is 5.30. The minimum absolute atomic E-state index is 0.459. The predicted molar refractivity (Wildman–Crippen MR) is 133 cm³/mol. The van der Waals surface area contributed by atoms with Gasteiger partial charge in [-0.15, -0.1) is 0 Å². The Bertz CT molecular complexity index is 1180. The molecule has 4 rings (SSSR count). The topological polar surface area (TPSA) is 68.3 Å². The van der Waals surface area contributed by atoms with Crippen molar-refractivity contribution in [3.63, 3.8) is 0 Å². The maximum absolute atomic E-state index is 11.7. The zero-order chi connectivity index (χ0) is 22.5. The van der Waals surface area contributed by atoms with Crippen molar-refractivity contribution in [2.75, 3.05) is 0 Å². The monoisotopic (exact) mass is 540 g/mol. The van der Waals surface area contributed by atoms with Crippen LogP contribution >= 0.6 is 22.6 Å². The smallest absolute Gasteiger partial charge is 0.327 e. The van der Waals surface area contributed by atoms with Crippen LogP contribution in [-0.4, -0.2) is 20.6 Å². The van der Waals surface area contributed by atoms with Crippen LogP contribution in [-0.2, 0) is 24.1 Å². The lowest BCUT2D eigenvalue weighted by atomic mass is 10.0. The molecule has 0 aliphatic carbocycles. The maximum atomic E-state index is 11.7. The molecule has 0 spiro atoms. The molecule has 1 unspecified atom stereocenters. The number of carboxylic acids is 1. The molecule has 0 fully saturated rings. The molecule has 2 heterocycles. The molecule has 0 bridgehead atoms. The second kappa shape index (κ2) is 10.2. The highest BCUT2D eigenvalue weighted by Crippen LogP contribution is 2.24. The molecule has 5 nitrogen and oxygen atoms in total. The van der Waals surface area contributed by atoms with E-state index in [0.29, 0.717) is 12.3 Å². The van der Waals surface area contributed by atoms with Crippen LogP contribution in [0.15, 0.2) is 77.5 Å². The first-order valence-electron chi connectivity index (χ1n) is 10.7. The van der Waals surface area contributed by atoms with E-state index in [-0.39, 0.29) is 0 Å². The fourth-order valence-electron chi connectivity index (χ4n) is 3.83. The number of carboxylic acid groups (broad SMARTS) is 1. The Labute approximate surface area is 201 Å². The van der Waals surface area contributed by atoms with Gasteiger partial charge < -0.3 is 14.1 Å². The Kier molecular flexibility index (Phi) is 7.09. The van der Waals surface area contributed by atoms with E-state index in [0.717, 1.165) is 41.8 Å². The minimum atomic E-state index is -0.821. The molecule has 0 aliphatic heterocycles. The van der Waals surface area contributed by atoms with Crippen molar-refractivity contribution in [3.8, 4) is 11.5 Å². The van der Waals surface area contributed by atoms with Crippen LogP contribution in [0.3, 0.4) is 0 Å². The molecule has 32 heavy (non-hydrogen) atoms. The van der Waals surface area contributed by atoms with Gasteiger partial charge in [-0.05, 0) is 90.2 Å². The van der Waals surface area contributed by atoms with Gasteiger partial charge in [0.2, 0.25) is 5.89 Å². The molecule has 0 saturated heterocycles. The zero-order valence-electron chi connectivity index (χ0n) is 17.9. The first-order chi connectivity index (χ1) is 15.5. The number of hydrogen-bond acceptors (Lipinski definition) is 3. The summed E-state index contributed by atoms with van der Waals surface area (Å²) in [4.78, 5) is 16.4. The fraction of sp³-hybridized carbons (Fsp3) is 0.231. The second-order valence-electron chi connectivity index (χ2n) is 7.86. The van der Waals surface area contributed by atoms with E-state index in [1.165, 1.54) is 9.13 Å². The largest absolute Gasteiger partial charge is 0.480 e. The molecule has 0 saturated carbocycles. The van der Waals surface area contributed by atoms with Crippen LogP contribution in [0.4, 0.5) is 0 Å². The molecule has 2 aromatic carbocycles. The molecule has 164 valence electrons. The molecule has 2 aromatic heterocycles. The fourth-order valence-corrected chi connectivity index (χ4v) is 4.68. The summed E-state index contributed by atoms with van der Waals surface area (Å²) in [7, 11) is 0. The number of carbonyl (C=O) groups is 1. The first-order valence-corrected chi connectivity index (χ1v) is 11.7. The molecule has 0 radical (unpaired) electrons. The lowest BCUT2D eigenvalue weighted by Crippen LogP contribution is -2.20. The number of nitrogens with zero attached hydrogens (tertiary/aromatic N) is 2. The van der Waals surface area contributed by atoms with Gasteiger partial charge in [0.25, 0.3) is 0 Å². The Balaban J connectivity index is 1.37. The third-order valence-electron chi connectivity index (χ3n) is 5.59. The molecule has 4 aromatic rings. The second-order valence-corrected chi connectivity index (χ2v) is 9.02. The van der Waals surface area contributed by atoms with E-state index in [1.807, 2.05) is 55.5 Å². The van der Waals surface area contributed by atoms with Crippen molar-refractivity contribution < 1.29 is 14.3 Å². The number of benzene rings is 2. The van der Waals surface area contributed by atoms with E-state index in [2.05, 4.69) is 34.7 Å². The normalized spacial score (nSPS) is 12.1. The summed E-state index contributed by atoms with van der Waals surface area (Å²) in [6.45, 7) is 1.97. The van der Waals surface area contributed by atoms with E-state index >= 15 is 0 Å². The van der Waals surface area contributed by atoms with Gasteiger partial charge in [-0.1, -0.05) is 30.3 Å². The van der Waals surface area contributed by atoms with Gasteiger partial charge >= 0.3 is 5.97 Å². The number of oxazole rings is 1. The summed E-state index contributed by atoms with van der Waals surface area (Å²) < 4.78 is 8.78. The van der Waals surface area contributed by atoms with Crippen molar-refractivity contribution in [2.45, 2.75) is 38.6 Å². The summed E-state index contributed by atoms with van der Waals surface area (Å²) in [5.41, 5.74) is 4.30. The average Bonchev–Trinajstić information content (AvgIpc) is 3.44. The Morgan fingerprint density at radius 2 is 1.84 bits per heavy atom. The zero-order valence-corrected chi connectivity index (χ0v) is 20.0. The van der Waals surface area contributed by atoms with Crippen molar-refractivity contribution in [3.05, 3.63) is 99.2 Å². The highest BCUT2D eigenvalue weighted by atomic mass is 127. The van der Waals surface area contributed by atoms with Crippen molar-refractivity contribution in [1.29, 1.82) is 0 Å². The summed E-state index contributed by atoms with van der Waals surface area (Å²) in [6, 6.07) is 19.3. The number of hydrogen-bond donors (Lipinski definition) is 1. The number of halogens is 1. The summed E-state index contributed by atoms with van der Waals surface area (Å²) in [5, 5.41) is 9.62. The van der Waals surface area contributed by atoms with Crippen molar-refractivity contribution in [1.82, 2.24) is 9.55 Å². The predicted octanol–water partition coefficient (Wildman–Crippen LogP) is 6.10. The van der Waals surface area contributed by atoms with E-state index in [4.69, 9.17) is 9.40 Å². The number of aryl methyl sites for hydroxylation is 3. The molecule has 0 amide bonds. The van der Waals surface area contributed by atoms with Gasteiger partial charge in [-0.25, -0.2) is 9.78 Å². The van der Waals surface area contributed by atoms with Crippen LogP contribution in [0.25, 0.3) is 11.5 Å². The highest BCUT2D eigenvalue weighted by Gasteiger charge is 2.19.